The zero-order valence-corrected chi connectivity index (χ0v) is 13.6. The number of amides is 1. The minimum absolute atomic E-state index is 0.137. The average Bonchev–Trinajstić information content (AvgIpc) is 2.78. The lowest BCUT2D eigenvalue weighted by Gasteiger charge is -2.08. The molecule has 0 aliphatic rings. The van der Waals surface area contributed by atoms with Gasteiger partial charge < -0.3 is 5.32 Å². The minimum Gasteiger partial charge on any atom is -0.316 e. The fraction of sp³-hybridized carbons (Fsp3) is 0.188. The van der Waals surface area contributed by atoms with Gasteiger partial charge in [-0.3, -0.25) is 14.0 Å². The molecule has 0 saturated heterocycles. The summed E-state index contributed by atoms with van der Waals surface area (Å²) in [6.45, 7) is 5.43. The minimum atomic E-state index is -0.475. The molecule has 7 heteroatoms. The van der Waals surface area contributed by atoms with Crippen LogP contribution >= 0.6 is 11.3 Å². The average molecular weight is 331 g/mol. The number of benzene rings is 1. The number of fused-ring (bicyclic) bond motifs is 1. The van der Waals surface area contributed by atoms with Gasteiger partial charge in [-0.25, -0.2) is 9.37 Å². The molecule has 0 bridgehead atoms. The lowest BCUT2D eigenvalue weighted by Crippen LogP contribution is -2.25. The number of carbonyl (C=O) groups excluding carboxylic acids is 1. The molecule has 0 fully saturated rings. The van der Waals surface area contributed by atoms with Crippen LogP contribution in [-0.2, 0) is 0 Å². The molecule has 3 rings (SSSR count). The second kappa shape index (κ2) is 5.58. The number of hydrogen-bond donors (Lipinski definition) is 1. The number of carbonyl (C=O) groups is 1. The van der Waals surface area contributed by atoms with Gasteiger partial charge >= 0.3 is 0 Å². The van der Waals surface area contributed by atoms with Crippen LogP contribution in [0, 0.1) is 26.6 Å². The van der Waals surface area contributed by atoms with Crippen LogP contribution in [0.1, 0.15) is 26.6 Å². The van der Waals surface area contributed by atoms with Gasteiger partial charge in [-0.05, 0) is 45.0 Å². The predicted molar refractivity (Wildman–Crippen MR) is 87.9 cm³/mol. The van der Waals surface area contributed by atoms with Crippen molar-refractivity contribution in [3.63, 3.8) is 0 Å². The molecule has 1 aromatic carbocycles. The molecule has 0 atom stereocenters. The molecule has 23 heavy (non-hydrogen) atoms. The molecule has 0 spiro atoms. The largest absolute Gasteiger partial charge is 0.316 e. The summed E-state index contributed by atoms with van der Waals surface area (Å²) < 4.78 is 14.4. The van der Waals surface area contributed by atoms with E-state index in [1.807, 2.05) is 13.8 Å². The number of aromatic nitrogens is 2. The van der Waals surface area contributed by atoms with Crippen LogP contribution in [0.2, 0.25) is 0 Å². The van der Waals surface area contributed by atoms with Gasteiger partial charge in [0.15, 0.2) is 4.96 Å². The van der Waals surface area contributed by atoms with E-state index in [1.165, 1.54) is 40.0 Å². The molecule has 1 N–H and O–H groups in total. The Bertz CT molecular complexity index is 974. The molecule has 0 radical (unpaired) electrons. The molecule has 0 saturated carbocycles. The highest BCUT2D eigenvalue weighted by atomic mass is 32.1. The third-order valence-electron chi connectivity index (χ3n) is 3.67. The van der Waals surface area contributed by atoms with Crippen LogP contribution in [0.15, 0.2) is 29.1 Å². The van der Waals surface area contributed by atoms with Crippen LogP contribution in [0.25, 0.3) is 4.96 Å². The number of halogens is 1. The third-order valence-corrected chi connectivity index (χ3v) is 4.73. The Balaban J connectivity index is 2.06. The zero-order valence-electron chi connectivity index (χ0n) is 12.8. The molecular formula is C16H14FN3O2S. The van der Waals surface area contributed by atoms with Crippen molar-refractivity contribution < 1.29 is 9.18 Å². The Hall–Kier alpha value is -2.54. The first kappa shape index (κ1) is 15.4. The van der Waals surface area contributed by atoms with Crippen LogP contribution in [0.3, 0.4) is 0 Å². The summed E-state index contributed by atoms with van der Waals surface area (Å²) >= 11 is 1.43. The summed E-state index contributed by atoms with van der Waals surface area (Å²) in [5, 5.41) is 2.59. The van der Waals surface area contributed by atoms with Crippen molar-refractivity contribution in [1.82, 2.24) is 9.38 Å². The standard InChI is InChI=1S/C16H14FN3O2S/c1-8-13(19-14(21)11-4-6-12(17)7-5-11)15(22)20-9(2)10(3)23-16(20)18-8/h4-7H,1-3H3,(H,19,21). The Labute approximate surface area is 135 Å². The fourth-order valence-electron chi connectivity index (χ4n) is 2.27. The van der Waals surface area contributed by atoms with Gasteiger partial charge in [0.1, 0.15) is 11.5 Å². The molecule has 0 unspecified atom stereocenters. The Morgan fingerprint density at radius 2 is 1.87 bits per heavy atom. The molecule has 3 aromatic rings. The van der Waals surface area contributed by atoms with Gasteiger partial charge in [-0.15, -0.1) is 11.3 Å². The van der Waals surface area contributed by atoms with Gasteiger partial charge in [0.05, 0.1) is 5.69 Å². The number of aryl methyl sites for hydroxylation is 3. The van der Waals surface area contributed by atoms with Crippen LogP contribution < -0.4 is 10.9 Å². The Morgan fingerprint density at radius 3 is 2.52 bits per heavy atom. The van der Waals surface area contributed by atoms with E-state index in [1.54, 1.807) is 6.92 Å². The van der Waals surface area contributed by atoms with Gasteiger partial charge in [0.25, 0.3) is 11.5 Å². The van der Waals surface area contributed by atoms with Gasteiger partial charge in [-0.1, -0.05) is 0 Å². The van der Waals surface area contributed by atoms with Crippen molar-refractivity contribution in [2.24, 2.45) is 0 Å². The maximum atomic E-state index is 12.9. The lowest BCUT2D eigenvalue weighted by molar-refractivity contribution is 0.102. The summed E-state index contributed by atoms with van der Waals surface area (Å²) in [7, 11) is 0. The predicted octanol–water partition coefficient (Wildman–Crippen LogP) is 3.07. The van der Waals surface area contributed by atoms with Crippen molar-refractivity contribution in [3.8, 4) is 0 Å². The first-order valence-electron chi connectivity index (χ1n) is 6.94. The van der Waals surface area contributed by atoms with Crippen LogP contribution in [-0.4, -0.2) is 15.3 Å². The van der Waals surface area contributed by atoms with E-state index in [0.29, 0.717) is 10.7 Å². The molecular weight excluding hydrogens is 317 g/mol. The first-order valence-corrected chi connectivity index (χ1v) is 7.76. The highest BCUT2D eigenvalue weighted by molar-refractivity contribution is 7.17. The van der Waals surface area contributed by atoms with E-state index >= 15 is 0 Å². The number of nitrogens with zero attached hydrogens (tertiary/aromatic N) is 2. The maximum absolute atomic E-state index is 12.9. The van der Waals surface area contributed by atoms with Crippen molar-refractivity contribution in [1.29, 1.82) is 0 Å². The molecule has 0 aliphatic carbocycles. The Kier molecular flexibility index (Phi) is 3.73. The summed E-state index contributed by atoms with van der Waals surface area (Å²) in [4.78, 5) is 30.9. The van der Waals surface area contributed by atoms with E-state index in [-0.39, 0.29) is 16.8 Å². The number of rotatable bonds is 2. The summed E-state index contributed by atoms with van der Waals surface area (Å²) in [5.74, 6) is -0.901. The highest BCUT2D eigenvalue weighted by Gasteiger charge is 2.17. The smallest absolute Gasteiger partial charge is 0.282 e. The van der Waals surface area contributed by atoms with Crippen LogP contribution in [0.4, 0.5) is 10.1 Å². The molecule has 2 aromatic heterocycles. The zero-order chi connectivity index (χ0) is 16.7. The van der Waals surface area contributed by atoms with Crippen molar-refractivity contribution in [3.05, 3.63) is 62.3 Å². The third kappa shape index (κ3) is 2.63. The van der Waals surface area contributed by atoms with Gasteiger partial charge in [-0.2, -0.15) is 0 Å². The number of hydrogen-bond acceptors (Lipinski definition) is 4. The van der Waals surface area contributed by atoms with E-state index < -0.39 is 11.7 Å². The quantitative estimate of drug-likeness (QED) is 0.785. The first-order chi connectivity index (χ1) is 10.9. The second-order valence-corrected chi connectivity index (χ2v) is 6.38. The lowest BCUT2D eigenvalue weighted by atomic mass is 10.2. The molecule has 5 nitrogen and oxygen atoms in total. The Morgan fingerprint density at radius 1 is 1.22 bits per heavy atom. The maximum Gasteiger partial charge on any atom is 0.282 e. The summed E-state index contributed by atoms with van der Waals surface area (Å²) in [6, 6.07) is 5.12. The molecule has 118 valence electrons. The van der Waals surface area contributed by atoms with Crippen molar-refractivity contribution in [2.75, 3.05) is 5.32 Å². The molecule has 1 amide bonds. The van der Waals surface area contributed by atoms with E-state index in [9.17, 15) is 14.0 Å². The van der Waals surface area contributed by atoms with Crippen molar-refractivity contribution in [2.45, 2.75) is 20.8 Å². The highest BCUT2D eigenvalue weighted by Crippen LogP contribution is 2.21. The summed E-state index contributed by atoms with van der Waals surface area (Å²) in [6.07, 6.45) is 0. The monoisotopic (exact) mass is 331 g/mol. The summed E-state index contributed by atoms with van der Waals surface area (Å²) in [5.41, 5.74) is 1.35. The van der Waals surface area contributed by atoms with Gasteiger partial charge in [0, 0.05) is 16.1 Å². The molecule has 2 heterocycles. The topological polar surface area (TPSA) is 63.5 Å². The van der Waals surface area contributed by atoms with E-state index in [2.05, 4.69) is 10.3 Å². The number of thiazole rings is 1. The SMILES string of the molecule is Cc1nc2sc(C)c(C)n2c(=O)c1NC(=O)c1ccc(F)cc1. The number of anilines is 1. The van der Waals surface area contributed by atoms with Crippen LogP contribution in [0.5, 0.6) is 0 Å². The molecule has 0 aliphatic heterocycles. The van der Waals surface area contributed by atoms with Gasteiger partial charge in [0.2, 0.25) is 0 Å². The fourth-order valence-corrected chi connectivity index (χ4v) is 3.27. The second-order valence-electron chi connectivity index (χ2n) is 5.20. The van der Waals surface area contributed by atoms with Crippen molar-refractivity contribution >= 4 is 27.9 Å². The van der Waals surface area contributed by atoms with E-state index in [0.717, 1.165) is 10.6 Å². The normalized spacial score (nSPS) is 11.0. The van der Waals surface area contributed by atoms with E-state index in [4.69, 9.17) is 0 Å². The number of nitrogens with one attached hydrogen (secondary N) is 1.